The van der Waals surface area contributed by atoms with Gasteiger partial charge in [-0.3, -0.25) is 43.2 Å². The number of likely N-dealkylation sites (N-methyl/N-ethyl adjacent to an activating group) is 1. The van der Waals surface area contributed by atoms with Crippen LogP contribution in [0.5, 0.6) is 0 Å². The molecule has 12 amide bonds. The number of amides is 12. The second-order valence-corrected chi connectivity index (χ2v) is 55.0. The fourth-order valence-corrected chi connectivity index (χ4v) is 16.9. The summed E-state index contributed by atoms with van der Waals surface area (Å²) in [7, 11) is 3.83. The first-order valence-corrected chi connectivity index (χ1v) is 53.8. The summed E-state index contributed by atoms with van der Waals surface area (Å²) in [5.41, 5.74) is -1.08. The smallest absolute Gasteiger partial charge is 0.407 e. The molecular formula is C112H208N16O17. The van der Waals surface area contributed by atoms with Crippen LogP contribution in [0.4, 0.5) is 14.4 Å². The standard InChI is InChI=1S/3C15H28N2O3.2C12H23NO2.C11H22N2O.2C11H18N2O.C10H20N2O/c3*1-14(2,3)9-12(18)17-8-7-11(10-17)16-13(19)20-15(4,5)6;1-12(2,3)8-11(14)13-7-5-6-10(9-13)15-4;1-12(2,3)7-11(15)13-6-4-5-10(8-13)9-14;1-11(2,3)9-10(14)13-7-5-12(4)6-8-13;1-11(2,3)7-10(14)13-6-5-9(8-13)12-4;1-11(2,3)7-10(14)13-6-4-5-9(13)8-12;1-10(2,3)8-9(13)12-6-4-11-5-7-12/h3*11H,7-10H2,1-6H3,(H,16,19);10H,5-9H2,1-4H3;10,14H,4-9H2,1-3H3;5-9H2,1-4H3;9H,5-8H2,1-3H3;9H,4-7H2,1-3H3;11H,4-8H2,1-3H3/t2*11-;;;;;;;/m10......./s1. The number of alkyl carbamates (subject to hydrolysis) is 3. The van der Waals surface area contributed by atoms with Gasteiger partial charge < -0.3 is 99.2 Å². The molecule has 9 aliphatic heterocycles. The van der Waals surface area contributed by atoms with Crippen LogP contribution >= 0.6 is 0 Å². The van der Waals surface area contributed by atoms with Crippen LogP contribution < -0.4 is 21.3 Å². The molecule has 7 atom stereocenters. The van der Waals surface area contributed by atoms with E-state index in [0.29, 0.717) is 121 Å². The Morgan fingerprint density at radius 1 is 0.331 bits per heavy atom. The van der Waals surface area contributed by atoms with E-state index >= 15 is 0 Å². The van der Waals surface area contributed by atoms with Gasteiger partial charge in [0.2, 0.25) is 59.2 Å². The van der Waals surface area contributed by atoms with Crippen molar-refractivity contribution < 1.29 is 81.6 Å². The predicted octanol–water partition coefficient (Wildman–Crippen LogP) is 17.3. The molecule has 33 nitrogen and oxygen atoms in total. The van der Waals surface area contributed by atoms with E-state index in [-0.39, 0.29) is 133 Å². The number of hydrogen-bond donors (Lipinski definition) is 5. The molecule has 9 saturated heterocycles. The average Bonchev–Trinajstić information content (AvgIpc) is 1.66. The van der Waals surface area contributed by atoms with E-state index in [9.17, 15) is 57.5 Å². The number of nitrogens with zero attached hydrogens (tertiary/aromatic N) is 12. The van der Waals surface area contributed by atoms with Crippen LogP contribution in [0.15, 0.2) is 0 Å². The molecule has 0 aromatic rings. The lowest BCUT2D eigenvalue weighted by molar-refractivity contribution is -0.137. The maximum absolute atomic E-state index is 12.1. The van der Waals surface area contributed by atoms with Crippen LogP contribution in [0.2, 0.25) is 0 Å². The summed E-state index contributed by atoms with van der Waals surface area (Å²) in [6.45, 7) is 96.3. The number of carbonyl (C=O) groups is 12. The number of aliphatic hydroxyl groups excluding tert-OH is 1. The number of piperazine rings is 2. The van der Waals surface area contributed by atoms with Gasteiger partial charge in [0.15, 0.2) is 0 Å². The van der Waals surface area contributed by atoms with E-state index < -0.39 is 35.1 Å². The first kappa shape index (κ1) is 135. The molecule has 5 unspecified atom stereocenters. The third-order valence-corrected chi connectivity index (χ3v) is 23.9. The third kappa shape index (κ3) is 66.1. The summed E-state index contributed by atoms with van der Waals surface area (Å²) < 4.78 is 21.0. The van der Waals surface area contributed by atoms with Gasteiger partial charge in [0.1, 0.15) is 22.8 Å². The lowest BCUT2D eigenvalue weighted by Crippen LogP contribution is -2.47. The zero-order valence-electron chi connectivity index (χ0n) is 98.4. The number of nitrogens with one attached hydrogen (secondary N) is 4. The number of likely N-dealkylation sites (tertiary alicyclic amines) is 7. The molecule has 0 radical (unpaired) electrons. The molecule has 9 heterocycles. The van der Waals surface area contributed by atoms with Crippen LogP contribution in [-0.4, -0.2) is 337 Å². The summed E-state index contributed by atoms with van der Waals surface area (Å²) in [6.07, 6.45) is 13.5. The van der Waals surface area contributed by atoms with Gasteiger partial charge in [-0.25, -0.2) is 21.0 Å². The first-order valence-electron chi connectivity index (χ1n) is 53.8. The van der Waals surface area contributed by atoms with E-state index in [4.69, 9.17) is 35.9 Å². The molecule has 9 aliphatic rings. The maximum atomic E-state index is 12.1. The van der Waals surface area contributed by atoms with Crippen LogP contribution in [-0.2, 0) is 62.1 Å². The Bertz CT molecular complexity index is 3830. The highest BCUT2D eigenvalue weighted by Gasteiger charge is 2.39. The number of carbonyl (C=O) groups excluding carboxylic acids is 12. The predicted molar refractivity (Wildman–Crippen MR) is 578 cm³/mol. The maximum Gasteiger partial charge on any atom is 0.407 e. The van der Waals surface area contributed by atoms with Crippen LogP contribution in [0.1, 0.15) is 371 Å². The van der Waals surface area contributed by atoms with Crippen LogP contribution in [0, 0.1) is 72.6 Å². The topological polar surface area (TPSA) is 371 Å². The number of piperidine rings is 2. The van der Waals surface area contributed by atoms with Crippen molar-refractivity contribution in [2.75, 3.05) is 158 Å². The van der Waals surface area contributed by atoms with Crippen molar-refractivity contribution in [1.82, 2.24) is 70.3 Å². The van der Waals surface area contributed by atoms with Crippen molar-refractivity contribution in [3.05, 3.63) is 11.4 Å². The second-order valence-electron chi connectivity index (χ2n) is 55.0. The number of aliphatic hydroxyl groups is 1. The Labute approximate surface area is 878 Å². The number of rotatable bonds is 14. The minimum atomic E-state index is -0.496. The Hall–Kier alpha value is -8.14. The van der Waals surface area contributed by atoms with E-state index in [1.165, 1.54) is 0 Å². The van der Waals surface area contributed by atoms with Crippen molar-refractivity contribution >= 4 is 71.4 Å². The molecule has 145 heavy (non-hydrogen) atoms. The molecule has 838 valence electrons. The van der Waals surface area contributed by atoms with Gasteiger partial charge >= 0.3 is 18.3 Å². The SMILES string of the molecule is CC(C)(C)CC(=O)N1CCC(NC(=O)OC(C)(C)C)C1.CC(C)(C)CC(=O)N1CCCC(CO)C1.CC(C)(C)CC(=O)N1CCCC1C#N.CC(C)(C)CC(=O)N1CCNCC1.CC(C)(C)CC(=O)N1CC[C@@H](NC(=O)OC(C)(C)C)C1.CC(C)(C)CC(=O)N1CC[C@H](NC(=O)OC(C)(C)C)C1.CN1CCN(C(=O)CC(C)(C)C)CC1.COC1CCCN(C(=O)CC(C)(C)C)C1.[C-]#[N+]C1CCN(C(=O)CC(C)(C)C)C1. The molecule has 0 spiro atoms. The fourth-order valence-electron chi connectivity index (χ4n) is 16.9. The third-order valence-electron chi connectivity index (χ3n) is 23.9. The molecule has 0 aromatic carbocycles. The average molecular weight is 2050 g/mol. The lowest BCUT2D eigenvalue weighted by Gasteiger charge is -2.34. The van der Waals surface area contributed by atoms with Crippen molar-refractivity contribution in [3.63, 3.8) is 0 Å². The highest BCUT2D eigenvalue weighted by Crippen LogP contribution is 2.32. The molecule has 0 aliphatic carbocycles. The molecule has 0 saturated carbocycles. The van der Waals surface area contributed by atoms with E-state index in [0.717, 1.165) is 156 Å². The summed E-state index contributed by atoms with van der Waals surface area (Å²) in [5.74, 6) is 2.21. The zero-order valence-corrected chi connectivity index (χ0v) is 98.4. The Balaban J connectivity index is 0.000000819. The van der Waals surface area contributed by atoms with Crippen molar-refractivity contribution in [3.8, 4) is 6.07 Å². The van der Waals surface area contributed by atoms with Gasteiger partial charge in [0.05, 0.1) is 36.8 Å². The minimum Gasteiger partial charge on any atom is -0.444 e. The van der Waals surface area contributed by atoms with E-state index in [1.807, 2.05) is 122 Å². The van der Waals surface area contributed by atoms with Crippen molar-refractivity contribution in [2.45, 2.75) is 424 Å². The Morgan fingerprint density at radius 3 is 0.883 bits per heavy atom. The largest absolute Gasteiger partial charge is 0.444 e. The normalized spacial score (nSPS) is 20.9. The number of methoxy groups -OCH3 is 1. The molecule has 0 aromatic heterocycles. The quantitative estimate of drug-likeness (QED) is 0.0796. The molecule has 9 fully saturated rings. The van der Waals surface area contributed by atoms with E-state index in [1.54, 1.807) is 12.0 Å². The van der Waals surface area contributed by atoms with Crippen LogP contribution in [0.25, 0.3) is 4.85 Å². The molecule has 9 rings (SSSR count). The molecular weight excluding hydrogens is 1840 g/mol. The molecule has 0 bridgehead atoms. The fraction of sp³-hybridized carbons (Fsp3) is 0.875. The summed E-state index contributed by atoms with van der Waals surface area (Å²) in [6, 6.07) is 2.03. The summed E-state index contributed by atoms with van der Waals surface area (Å²) in [5, 5.41) is 29.6. The van der Waals surface area contributed by atoms with Gasteiger partial charge in [-0.15, -0.1) is 0 Å². The van der Waals surface area contributed by atoms with E-state index in [2.05, 4.69) is 210 Å². The first-order chi connectivity index (χ1) is 66.0. The van der Waals surface area contributed by atoms with Crippen molar-refractivity contribution in [1.29, 1.82) is 5.26 Å². The molecule has 5 N–H and O–H groups in total. The monoisotopic (exact) mass is 2050 g/mol. The Kier molecular flexibility index (Phi) is 56.4. The van der Waals surface area contributed by atoms with Gasteiger partial charge in [-0.1, -0.05) is 187 Å². The van der Waals surface area contributed by atoms with Gasteiger partial charge in [0, 0.05) is 209 Å². The second kappa shape index (κ2) is 60.6. The summed E-state index contributed by atoms with van der Waals surface area (Å²) >= 11 is 0. The number of ether oxygens (including phenoxy) is 4. The van der Waals surface area contributed by atoms with Crippen LogP contribution in [0.3, 0.4) is 0 Å². The zero-order chi connectivity index (χ0) is 112. The minimum absolute atomic E-state index is 0.00577. The number of hydrogen-bond acceptors (Lipinski definition) is 20. The highest BCUT2D eigenvalue weighted by molar-refractivity contribution is 5.81. The van der Waals surface area contributed by atoms with Gasteiger partial charge in [0.25, 0.3) is 0 Å². The Morgan fingerprint density at radius 2 is 0.600 bits per heavy atom. The van der Waals surface area contributed by atoms with Crippen molar-refractivity contribution in [2.24, 2.45) is 54.7 Å². The lowest BCUT2D eigenvalue weighted by atomic mass is 9.90. The number of nitriles is 1. The van der Waals surface area contributed by atoms with Gasteiger partial charge in [-0.05, 0) is 182 Å². The van der Waals surface area contributed by atoms with Gasteiger partial charge in [-0.2, -0.15) is 5.26 Å². The highest BCUT2D eigenvalue weighted by atomic mass is 16.6. The summed E-state index contributed by atoms with van der Waals surface area (Å²) in [4.78, 5) is 165. The molecule has 33 heteroatoms.